The van der Waals surface area contributed by atoms with Crippen LogP contribution in [0.1, 0.15) is 11.1 Å². The molecule has 23 heavy (non-hydrogen) atoms. The van der Waals surface area contributed by atoms with Crippen LogP contribution in [0.4, 0.5) is 5.69 Å². The number of rotatable bonds is 3. The van der Waals surface area contributed by atoms with Crippen LogP contribution in [0.25, 0.3) is 6.08 Å². The van der Waals surface area contributed by atoms with E-state index in [1.165, 1.54) is 4.90 Å². The summed E-state index contributed by atoms with van der Waals surface area (Å²) >= 11 is 5.30. The van der Waals surface area contributed by atoms with Gasteiger partial charge in [-0.3, -0.25) is 9.69 Å². The maximum atomic E-state index is 12.6. The number of amides is 1. The molecule has 3 rings (SSSR count). The zero-order valence-corrected chi connectivity index (χ0v) is 13.7. The number of benzene rings is 2. The highest BCUT2D eigenvalue weighted by Gasteiger charge is 2.31. The van der Waals surface area contributed by atoms with Crippen LogP contribution in [0.2, 0.25) is 0 Å². The first-order valence-corrected chi connectivity index (χ1v) is 7.57. The summed E-state index contributed by atoms with van der Waals surface area (Å²) in [6, 6.07) is 15.2. The Balaban J connectivity index is 1.91. The van der Waals surface area contributed by atoms with Gasteiger partial charge in [0.2, 0.25) is 0 Å². The van der Waals surface area contributed by atoms with Gasteiger partial charge in [0.05, 0.1) is 12.8 Å². The molecule has 2 aromatic rings. The molecule has 116 valence electrons. The fraction of sp³-hybridized carbons (Fsp3) is 0.111. The van der Waals surface area contributed by atoms with E-state index in [1.807, 2.05) is 55.5 Å². The maximum absolute atomic E-state index is 12.6. The van der Waals surface area contributed by atoms with E-state index in [9.17, 15) is 4.79 Å². The van der Waals surface area contributed by atoms with Crippen molar-refractivity contribution in [1.29, 1.82) is 0 Å². The van der Waals surface area contributed by atoms with E-state index in [0.29, 0.717) is 10.8 Å². The zero-order valence-electron chi connectivity index (χ0n) is 12.9. The van der Waals surface area contributed by atoms with Gasteiger partial charge in [-0.15, -0.1) is 0 Å². The predicted molar refractivity (Wildman–Crippen MR) is 95.4 cm³/mol. The molecule has 1 N–H and O–H groups in total. The molecule has 1 heterocycles. The number of hydrogen-bond acceptors (Lipinski definition) is 3. The standard InChI is InChI=1S/C18H16N2O2S/c1-12-6-8-14(9-7-12)20-17(21)16(19-18(20)23)11-13-4-3-5-15(10-13)22-2/h3-11H,1-2H3,(H,19,23)/b16-11-. The van der Waals surface area contributed by atoms with Crippen LogP contribution in [0, 0.1) is 6.92 Å². The number of nitrogens with zero attached hydrogens (tertiary/aromatic N) is 1. The second kappa shape index (κ2) is 6.22. The Morgan fingerprint density at radius 2 is 1.91 bits per heavy atom. The van der Waals surface area contributed by atoms with Gasteiger partial charge in [0, 0.05) is 0 Å². The highest BCUT2D eigenvalue weighted by Crippen LogP contribution is 2.23. The minimum absolute atomic E-state index is 0.165. The second-order valence-electron chi connectivity index (χ2n) is 5.24. The van der Waals surface area contributed by atoms with Crippen molar-refractivity contribution in [2.75, 3.05) is 12.0 Å². The first kappa shape index (κ1) is 15.2. The Morgan fingerprint density at radius 1 is 1.17 bits per heavy atom. The number of aryl methyl sites for hydroxylation is 1. The molecular formula is C18H16N2O2S. The molecule has 5 heteroatoms. The summed E-state index contributed by atoms with van der Waals surface area (Å²) in [5.74, 6) is 0.574. The van der Waals surface area contributed by atoms with Crippen molar-refractivity contribution in [3.05, 3.63) is 65.4 Å². The molecule has 1 fully saturated rings. The number of hydrogen-bond donors (Lipinski definition) is 1. The molecule has 2 aromatic carbocycles. The van der Waals surface area contributed by atoms with E-state index in [1.54, 1.807) is 13.2 Å². The topological polar surface area (TPSA) is 41.6 Å². The molecule has 0 atom stereocenters. The minimum Gasteiger partial charge on any atom is -0.497 e. The third kappa shape index (κ3) is 3.10. The van der Waals surface area contributed by atoms with Crippen LogP contribution in [-0.2, 0) is 4.79 Å². The van der Waals surface area contributed by atoms with E-state index >= 15 is 0 Å². The molecule has 1 aliphatic rings. The summed E-state index contributed by atoms with van der Waals surface area (Å²) < 4.78 is 5.20. The van der Waals surface area contributed by atoms with Crippen molar-refractivity contribution in [2.24, 2.45) is 0 Å². The van der Waals surface area contributed by atoms with Crippen LogP contribution >= 0.6 is 12.2 Å². The lowest BCUT2D eigenvalue weighted by Gasteiger charge is -2.13. The summed E-state index contributed by atoms with van der Waals surface area (Å²) in [6.07, 6.45) is 1.77. The molecule has 1 aliphatic heterocycles. The van der Waals surface area contributed by atoms with Gasteiger partial charge in [-0.2, -0.15) is 0 Å². The highest BCUT2D eigenvalue weighted by molar-refractivity contribution is 7.80. The molecule has 0 spiro atoms. The molecule has 0 aliphatic carbocycles. The average molecular weight is 324 g/mol. The summed E-state index contributed by atoms with van der Waals surface area (Å²) in [4.78, 5) is 14.1. The van der Waals surface area contributed by atoms with E-state index in [0.717, 1.165) is 22.6 Å². The van der Waals surface area contributed by atoms with Crippen molar-refractivity contribution in [3.63, 3.8) is 0 Å². The van der Waals surface area contributed by atoms with Gasteiger partial charge in [0.15, 0.2) is 5.11 Å². The Labute approximate surface area is 140 Å². The number of ether oxygens (including phenoxy) is 1. The molecule has 0 aromatic heterocycles. The molecule has 0 saturated carbocycles. The van der Waals surface area contributed by atoms with Crippen molar-refractivity contribution in [2.45, 2.75) is 6.92 Å². The fourth-order valence-corrected chi connectivity index (χ4v) is 2.66. The number of carbonyl (C=O) groups is 1. The van der Waals surface area contributed by atoms with Gasteiger partial charge < -0.3 is 10.1 Å². The maximum Gasteiger partial charge on any atom is 0.281 e. The minimum atomic E-state index is -0.165. The molecular weight excluding hydrogens is 308 g/mol. The average Bonchev–Trinajstić information content (AvgIpc) is 2.83. The SMILES string of the molecule is COc1cccc(/C=C2\NC(=S)N(c3ccc(C)cc3)C2=O)c1. The van der Waals surface area contributed by atoms with Gasteiger partial charge >= 0.3 is 0 Å². The van der Waals surface area contributed by atoms with Gasteiger partial charge in [0.25, 0.3) is 5.91 Å². The monoisotopic (exact) mass is 324 g/mol. The van der Waals surface area contributed by atoms with Gasteiger partial charge in [-0.05, 0) is 55.0 Å². The first-order valence-electron chi connectivity index (χ1n) is 7.16. The molecule has 1 saturated heterocycles. The second-order valence-corrected chi connectivity index (χ2v) is 5.63. The Hall–Kier alpha value is -2.66. The van der Waals surface area contributed by atoms with Crippen LogP contribution in [0.3, 0.4) is 0 Å². The van der Waals surface area contributed by atoms with E-state index in [4.69, 9.17) is 17.0 Å². The number of methoxy groups -OCH3 is 1. The summed E-state index contributed by atoms with van der Waals surface area (Å²) in [5.41, 5.74) is 3.20. The largest absolute Gasteiger partial charge is 0.497 e. The van der Waals surface area contributed by atoms with E-state index in [2.05, 4.69) is 5.32 Å². The Morgan fingerprint density at radius 3 is 2.61 bits per heavy atom. The third-order valence-corrected chi connectivity index (χ3v) is 3.86. The molecule has 0 bridgehead atoms. The van der Waals surface area contributed by atoms with Crippen LogP contribution in [0.5, 0.6) is 5.75 Å². The molecule has 0 radical (unpaired) electrons. The highest BCUT2D eigenvalue weighted by atomic mass is 32.1. The van der Waals surface area contributed by atoms with Gasteiger partial charge in [-0.25, -0.2) is 0 Å². The number of thiocarbonyl (C=S) groups is 1. The summed E-state index contributed by atoms with van der Waals surface area (Å²) in [6.45, 7) is 2.00. The molecule has 1 amide bonds. The molecule has 4 nitrogen and oxygen atoms in total. The van der Waals surface area contributed by atoms with Crippen LogP contribution in [0.15, 0.2) is 54.2 Å². The Bertz CT molecular complexity index is 797. The zero-order chi connectivity index (χ0) is 16.4. The predicted octanol–water partition coefficient (Wildman–Crippen LogP) is 3.27. The van der Waals surface area contributed by atoms with E-state index in [-0.39, 0.29) is 5.91 Å². The quantitative estimate of drug-likeness (QED) is 0.695. The van der Waals surface area contributed by atoms with Crippen LogP contribution in [-0.4, -0.2) is 18.1 Å². The van der Waals surface area contributed by atoms with Crippen molar-refractivity contribution < 1.29 is 9.53 Å². The number of carbonyl (C=O) groups excluding carboxylic acids is 1. The smallest absolute Gasteiger partial charge is 0.281 e. The van der Waals surface area contributed by atoms with E-state index < -0.39 is 0 Å². The fourth-order valence-electron chi connectivity index (χ4n) is 2.36. The lowest BCUT2D eigenvalue weighted by atomic mass is 10.1. The summed E-state index contributed by atoms with van der Waals surface area (Å²) in [5, 5.41) is 3.36. The van der Waals surface area contributed by atoms with Crippen LogP contribution < -0.4 is 15.0 Å². The number of nitrogens with one attached hydrogen (secondary N) is 1. The normalized spacial score (nSPS) is 15.9. The third-order valence-electron chi connectivity index (χ3n) is 3.58. The van der Waals surface area contributed by atoms with Gasteiger partial charge in [0.1, 0.15) is 11.4 Å². The molecule has 0 unspecified atom stereocenters. The van der Waals surface area contributed by atoms with Crippen molar-refractivity contribution >= 4 is 35.0 Å². The lowest BCUT2D eigenvalue weighted by Crippen LogP contribution is -2.30. The number of anilines is 1. The lowest BCUT2D eigenvalue weighted by molar-refractivity contribution is -0.113. The Kier molecular flexibility index (Phi) is 4.12. The first-order chi connectivity index (χ1) is 11.1. The summed E-state index contributed by atoms with van der Waals surface area (Å²) in [7, 11) is 1.61. The van der Waals surface area contributed by atoms with Crippen molar-refractivity contribution in [1.82, 2.24) is 5.32 Å². The van der Waals surface area contributed by atoms with Gasteiger partial charge in [-0.1, -0.05) is 29.8 Å². The van der Waals surface area contributed by atoms with Crippen molar-refractivity contribution in [3.8, 4) is 5.75 Å².